The summed E-state index contributed by atoms with van der Waals surface area (Å²) in [6, 6.07) is 5.30. The van der Waals surface area contributed by atoms with Crippen molar-refractivity contribution in [2.45, 2.75) is 37.4 Å². The van der Waals surface area contributed by atoms with Crippen LogP contribution in [-0.4, -0.2) is 50.7 Å². The van der Waals surface area contributed by atoms with Crippen molar-refractivity contribution in [3.05, 3.63) is 57.6 Å². The number of rotatable bonds is 2. The van der Waals surface area contributed by atoms with Gasteiger partial charge in [-0.05, 0) is 24.1 Å². The van der Waals surface area contributed by atoms with Crippen LogP contribution in [0.3, 0.4) is 0 Å². The second-order valence-corrected chi connectivity index (χ2v) is 7.64. The van der Waals surface area contributed by atoms with Crippen molar-refractivity contribution in [1.82, 2.24) is 0 Å². The van der Waals surface area contributed by atoms with E-state index < -0.39 is 46.7 Å². The lowest BCUT2D eigenvalue weighted by Crippen LogP contribution is -2.46. The molecule has 0 saturated carbocycles. The number of phenolic OH excluding ortho intramolecular Hbond substituents is 2. The van der Waals surface area contributed by atoms with E-state index in [-0.39, 0.29) is 46.2 Å². The number of hydrogen-bond acceptors (Lipinski definition) is 8. The van der Waals surface area contributed by atoms with Crippen molar-refractivity contribution in [1.29, 1.82) is 0 Å². The van der Waals surface area contributed by atoms with Crippen molar-refractivity contribution in [3.8, 4) is 11.5 Å². The highest BCUT2D eigenvalue weighted by molar-refractivity contribution is 6.30. The Morgan fingerprint density at radius 1 is 1.17 bits per heavy atom. The molecule has 0 saturated heterocycles. The molecule has 8 heteroatoms. The maximum absolute atomic E-state index is 13.1. The summed E-state index contributed by atoms with van der Waals surface area (Å²) in [4.78, 5) is 38.7. The first-order chi connectivity index (χ1) is 14.2. The van der Waals surface area contributed by atoms with E-state index >= 15 is 0 Å². The zero-order valence-corrected chi connectivity index (χ0v) is 16.3. The van der Waals surface area contributed by atoms with E-state index in [9.17, 15) is 34.8 Å². The van der Waals surface area contributed by atoms with E-state index in [0.29, 0.717) is 0 Å². The Morgan fingerprint density at radius 3 is 2.50 bits per heavy atom. The molecule has 0 radical (unpaired) electrons. The Bertz CT molecular complexity index is 1120. The molecule has 30 heavy (non-hydrogen) atoms. The first-order valence-corrected chi connectivity index (χ1v) is 9.45. The fourth-order valence-corrected chi connectivity index (χ4v) is 4.60. The fraction of sp³-hybridized carbons (Fsp3) is 0.318. The molecule has 2 aromatic rings. The van der Waals surface area contributed by atoms with Crippen LogP contribution in [-0.2, 0) is 9.53 Å². The quantitative estimate of drug-likeness (QED) is 0.466. The number of hydrogen-bond donors (Lipinski definition) is 4. The molecule has 0 aliphatic heterocycles. The van der Waals surface area contributed by atoms with E-state index in [1.807, 2.05) is 0 Å². The molecule has 0 aromatic heterocycles. The molecular weight excluding hydrogens is 392 g/mol. The van der Waals surface area contributed by atoms with Gasteiger partial charge < -0.3 is 25.2 Å². The van der Waals surface area contributed by atoms with E-state index in [0.717, 1.165) is 7.11 Å². The normalized spacial score (nSPS) is 24.7. The first-order valence-electron chi connectivity index (χ1n) is 9.45. The van der Waals surface area contributed by atoms with Gasteiger partial charge in [0.05, 0.1) is 29.9 Å². The number of fused-ring (bicyclic) bond motifs is 3. The molecule has 8 nitrogen and oxygen atoms in total. The molecule has 0 spiro atoms. The van der Waals surface area contributed by atoms with Gasteiger partial charge in [-0.3, -0.25) is 14.4 Å². The number of esters is 1. The molecule has 0 unspecified atom stereocenters. The average molecular weight is 412 g/mol. The molecule has 0 fully saturated rings. The SMILES string of the molecule is CC[C@@]1(O)C[C@H](O)c2c(cc3c(c2O)C(=O)c2c(O)cccc2C3=O)[C@@H]1C(=O)OC. The average Bonchev–Trinajstić information content (AvgIpc) is 2.70. The predicted molar refractivity (Wildman–Crippen MR) is 103 cm³/mol. The summed E-state index contributed by atoms with van der Waals surface area (Å²) in [5.74, 6) is -4.50. The molecule has 0 heterocycles. The number of ketones is 2. The highest BCUT2D eigenvalue weighted by atomic mass is 16.5. The van der Waals surface area contributed by atoms with Crippen molar-refractivity contribution >= 4 is 17.5 Å². The zero-order chi connectivity index (χ0) is 22.0. The Morgan fingerprint density at radius 2 is 1.87 bits per heavy atom. The van der Waals surface area contributed by atoms with Crippen LogP contribution in [0.4, 0.5) is 0 Å². The minimum Gasteiger partial charge on any atom is -0.507 e. The van der Waals surface area contributed by atoms with Crippen molar-refractivity contribution in [2.75, 3.05) is 7.11 Å². The molecule has 0 amide bonds. The second-order valence-electron chi connectivity index (χ2n) is 7.64. The summed E-state index contributed by atoms with van der Waals surface area (Å²) < 4.78 is 4.84. The number of ether oxygens (including phenoxy) is 1. The topological polar surface area (TPSA) is 141 Å². The smallest absolute Gasteiger partial charge is 0.316 e. The maximum atomic E-state index is 13.1. The van der Waals surface area contributed by atoms with Crippen LogP contribution in [0.5, 0.6) is 11.5 Å². The molecule has 4 rings (SSSR count). The van der Waals surface area contributed by atoms with Gasteiger partial charge in [0.15, 0.2) is 5.78 Å². The molecule has 2 aliphatic rings. The van der Waals surface area contributed by atoms with Crippen LogP contribution >= 0.6 is 0 Å². The number of carbonyl (C=O) groups is 3. The number of phenols is 2. The number of benzene rings is 2. The van der Waals surface area contributed by atoms with Crippen LogP contribution in [0.25, 0.3) is 0 Å². The Hall–Kier alpha value is -3.23. The third-order valence-electron chi connectivity index (χ3n) is 6.14. The summed E-state index contributed by atoms with van der Waals surface area (Å²) in [5.41, 5.74) is -2.53. The van der Waals surface area contributed by atoms with Gasteiger partial charge in [-0.25, -0.2) is 0 Å². The monoisotopic (exact) mass is 412 g/mol. The molecule has 4 N–H and O–H groups in total. The van der Waals surface area contributed by atoms with Gasteiger partial charge in [-0.2, -0.15) is 0 Å². The lowest BCUT2D eigenvalue weighted by atomic mass is 9.67. The molecule has 2 aliphatic carbocycles. The van der Waals surface area contributed by atoms with Crippen LogP contribution in [0.15, 0.2) is 24.3 Å². The van der Waals surface area contributed by atoms with Crippen molar-refractivity contribution in [3.63, 3.8) is 0 Å². The van der Waals surface area contributed by atoms with E-state index in [1.54, 1.807) is 6.92 Å². The van der Waals surface area contributed by atoms with Crippen LogP contribution in [0.2, 0.25) is 0 Å². The third-order valence-corrected chi connectivity index (χ3v) is 6.14. The minimum atomic E-state index is -1.67. The summed E-state index contributed by atoms with van der Waals surface area (Å²) in [7, 11) is 1.15. The van der Waals surface area contributed by atoms with Crippen LogP contribution in [0, 0.1) is 0 Å². The van der Waals surface area contributed by atoms with Crippen LogP contribution < -0.4 is 0 Å². The molecular formula is C22H20O8. The lowest BCUT2D eigenvalue weighted by molar-refractivity contribution is -0.153. The second kappa shape index (κ2) is 6.65. The minimum absolute atomic E-state index is 0.0333. The first kappa shape index (κ1) is 20.1. The van der Waals surface area contributed by atoms with Gasteiger partial charge in [0.25, 0.3) is 0 Å². The Labute approximate surface area is 171 Å². The predicted octanol–water partition coefficient (Wildman–Crippen LogP) is 1.71. The van der Waals surface area contributed by atoms with Gasteiger partial charge in [0.1, 0.15) is 17.4 Å². The third kappa shape index (κ3) is 2.50. The summed E-state index contributed by atoms with van der Waals surface area (Å²) in [6.07, 6.45) is -1.55. The summed E-state index contributed by atoms with van der Waals surface area (Å²) in [5, 5.41) is 42.7. The largest absolute Gasteiger partial charge is 0.507 e. The highest BCUT2D eigenvalue weighted by Crippen LogP contribution is 2.52. The molecule has 3 atom stereocenters. The Balaban J connectivity index is 2.05. The van der Waals surface area contributed by atoms with Gasteiger partial charge in [-0.1, -0.05) is 19.1 Å². The molecule has 156 valence electrons. The highest BCUT2D eigenvalue weighted by Gasteiger charge is 2.51. The van der Waals surface area contributed by atoms with E-state index in [4.69, 9.17) is 4.74 Å². The number of aliphatic hydroxyl groups excluding tert-OH is 1. The van der Waals surface area contributed by atoms with E-state index in [2.05, 4.69) is 0 Å². The van der Waals surface area contributed by atoms with Crippen molar-refractivity contribution in [2.24, 2.45) is 0 Å². The summed E-state index contributed by atoms with van der Waals surface area (Å²) in [6.45, 7) is 1.64. The van der Waals surface area contributed by atoms with Crippen molar-refractivity contribution < 1.29 is 39.5 Å². The maximum Gasteiger partial charge on any atom is 0.316 e. The number of aliphatic hydroxyl groups is 2. The number of methoxy groups -OCH3 is 1. The summed E-state index contributed by atoms with van der Waals surface area (Å²) >= 11 is 0. The number of carbonyl (C=O) groups excluding carboxylic acids is 3. The van der Waals surface area contributed by atoms with Gasteiger partial charge in [0, 0.05) is 23.1 Å². The lowest BCUT2D eigenvalue weighted by Gasteiger charge is -2.42. The number of aromatic hydroxyl groups is 2. The van der Waals surface area contributed by atoms with Gasteiger partial charge in [-0.15, -0.1) is 0 Å². The van der Waals surface area contributed by atoms with E-state index in [1.165, 1.54) is 24.3 Å². The van der Waals surface area contributed by atoms with Gasteiger partial charge >= 0.3 is 5.97 Å². The van der Waals surface area contributed by atoms with Crippen LogP contribution in [0.1, 0.15) is 74.8 Å². The standard InChI is InChI=1S/C22H20O8/c1-3-22(29)8-13(24)15-10(17(22)21(28)30-2)7-11-16(20(15)27)19(26)14-9(18(11)25)5-4-6-12(14)23/h4-7,13,17,23-24,27,29H,3,8H2,1-2H3/t13-,17+,22+/m0/s1. The molecule has 0 bridgehead atoms. The zero-order valence-electron chi connectivity index (χ0n) is 16.3. The Kier molecular flexibility index (Phi) is 4.44. The van der Waals surface area contributed by atoms with Gasteiger partial charge in [0.2, 0.25) is 5.78 Å². The fourth-order valence-electron chi connectivity index (χ4n) is 4.60. The molecule has 2 aromatic carbocycles.